The zero-order chi connectivity index (χ0) is 26.6. The molecule has 2 atom stereocenters. The summed E-state index contributed by atoms with van der Waals surface area (Å²) in [6.07, 6.45) is -0.0600. The van der Waals surface area contributed by atoms with Gasteiger partial charge in [-0.1, -0.05) is 24.0 Å². The van der Waals surface area contributed by atoms with E-state index in [1.54, 1.807) is 6.07 Å². The second kappa shape index (κ2) is 10.5. The first-order valence-electron chi connectivity index (χ1n) is 11.6. The summed E-state index contributed by atoms with van der Waals surface area (Å²) in [5.41, 5.74) is 5.55. The predicted molar refractivity (Wildman–Crippen MR) is 123 cm³/mol. The smallest absolute Gasteiger partial charge is 0.406 e. The van der Waals surface area contributed by atoms with Gasteiger partial charge in [-0.15, -0.1) is 13.2 Å². The van der Waals surface area contributed by atoms with Crippen molar-refractivity contribution in [2.45, 2.75) is 56.0 Å². The Balaban J connectivity index is 1.46. The maximum Gasteiger partial charge on any atom is 0.573 e. The van der Waals surface area contributed by atoms with E-state index in [0.29, 0.717) is 43.4 Å². The summed E-state index contributed by atoms with van der Waals surface area (Å²) in [5, 5.41) is 10.1. The monoisotopic (exact) mass is 515 g/mol. The topological polar surface area (TPSA) is 128 Å². The number of aromatic nitrogens is 2. The zero-order valence-corrected chi connectivity index (χ0v) is 19.6. The van der Waals surface area contributed by atoms with Crippen LogP contribution in [0.2, 0.25) is 0 Å². The number of primary amides is 1. The molecule has 0 bridgehead atoms. The number of rotatable bonds is 7. The standard InChI is InChI=1S/C25H24F3N5O4/c26-25(27,28)37-19-7-4-17(5-8-19)24(10-11-24)23(36)33-13-1-2-20(33)22(35)32-18(14-21(29)34)6-3-16-9-12-30-31-15-16/h4-5,7-9,12,15,18,20H,1-2,10-11,13-14H2,(H2,29,34)(H,32,35)/t18-,20+/m1/s1. The molecule has 37 heavy (non-hydrogen) atoms. The molecule has 1 aromatic heterocycles. The molecule has 1 aliphatic carbocycles. The zero-order valence-electron chi connectivity index (χ0n) is 19.6. The highest BCUT2D eigenvalue weighted by Gasteiger charge is 2.55. The van der Waals surface area contributed by atoms with Crippen LogP contribution in [0.1, 0.15) is 43.2 Å². The van der Waals surface area contributed by atoms with E-state index in [9.17, 15) is 27.6 Å². The second-order valence-corrected chi connectivity index (χ2v) is 8.94. The van der Waals surface area contributed by atoms with Crippen molar-refractivity contribution < 1.29 is 32.3 Å². The summed E-state index contributed by atoms with van der Waals surface area (Å²) in [7, 11) is 0. The molecule has 1 aromatic carbocycles. The van der Waals surface area contributed by atoms with Gasteiger partial charge in [-0.2, -0.15) is 10.2 Å². The molecule has 2 aliphatic rings. The number of nitrogens with two attached hydrogens (primary N) is 1. The number of hydrogen-bond acceptors (Lipinski definition) is 6. The van der Waals surface area contributed by atoms with Crippen LogP contribution in [0.4, 0.5) is 13.2 Å². The van der Waals surface area contributed by atoms with Crippen LogP contribution < -0.4 is 15.8 Å². The number of halogens is 3. The lowest BCUT2D eigenvalue weighted by molar-refractivity contribution is -0.274. The second-order valence-electron chi connectivity index (χ2n) is 8.94. The van der Waals surface area contributed by atoms with Crippen molar-refractivity contribution in [3.63, 3.8) is 0 Å². The van der Waals surface area contributed by atoms with Gasteiger partial charge in [-0.3, -0.25) is 14.4 Å². The number of nitrogens with one attached hydrogen (secondary N) is 1. The number of alkyl halides is 3. The fourth-order valence-electron chi connectivity index (χ4n) is 4.43. The highest BCUT2D eigenvalue weighted by Crippen LogP contribution is 2.50. The van der Waals surface area contributed by atoms with Crippen LogP contribution in [0.5, 0.6) is 5.75 Å². The predicted octanol–water partition coefficient (Wildman–Crippen LogP) is 1.81. The summed E-state index contributed by atoms with van der Waals surface area (Å²) in [6.45, 7) is 0.364. The highest BCUT2D eigenvalue weighted by molar-refractivity contribution is 5.96. The number of carbonyl (C=O) groups is 3. The van der Waals surface area contributed by atoms with Crippen molar-refractivity contribution in [3.8, 4) is 17.6 Å². The van der Waals surface area contributed by atoms with Crippen LogP contribution in [-0.2, 0) is 19.8 Å². The Morgan fingerprint density at radius 3 is 2.51 bits per heavy atom. The van der Waals surface area contributed by atoms with Gasteiger partial charge in [0.05, 0.1) is 30.3 Å². The molecule has 9 nitrogen and oxygen atoms in total. The van der Waals surface area contributed by atoms with Crippen LogP contribution in [0.15, 0.2) is 42.7 Å². The summed E-state index contributed by atoms with van der Waals surface area (Å²) in [4.78, 5) is 39.7. The third-order valence-corrected chi connectivity index (χ3v) is 6.31. The fraction of sp³-hybridized carbons (Fsp3) is 0.400. The van der Waals surface area contributed by atoms with Crippen LogP contribution in [0, 0.1) is 11.8 Å². The van der Waals surface area contributed by atoms with E-state index in [0.717, 1.165) is 0 Å². The summed E-state index contributed by atoms with van der Waals surface area (Å²) in [5.74, 6) is 3.89. The number of ether oxygens (including phenoxy) is 1. The van der Waals surface area contributed by atoms with Gasteiger partial charge in [0.2, 0.25) is 17.7 Å². The molecule has 0 spiro atoms. The molecule has 0 radical (unpaired) electrons. The lowest BCUT2D eigenvalue weighted by atomic mass is 9.93. The molecule has 2 heterocycles. The first-order chi connectivity index (χ1) is 17.6. The van der Waals surface area contributed by atoms with E-state index in [2.05, 4.69) is 32.1 Å². The van der Waals surface area contributed by atoms with Gasteiger partial charge in [-0.05, 0) is 49.4 Å². The molecule has 3 N–H and O–H groups in total. The van der Waals surface area contributed by atoms with Crippen molar-refractivity contribution in [1.29, 1.82) is 0 Å². The number of nitrogens with zero attached hydrogens (tertiary/aromatic N) is 3. The van der Waals surface area contributed by atoms with Crippen molar-refractivity contribution in [3.05, 3.63) is 53.9 Å². The van der Waals surface area contributed by atoms with Crippen LogP contribution in [0.3, 0.4) is 0 Å². The van der Waals surface area contributed by atoms with Crippen molar-refractivity contribution >= 4 is 17.7 Å². The normalized spacial score (nSPS) is 18.8. The molecular formula is C25H24F3N5O4. The molecule has 1 saturated heterocycles. The minimum absolute atomic E-state index is 0.214. The van der Waals surface area contributed by atoms with Gasteiger partial charge in [-0.25, -0.2) is 0 Å². The summed E-state index contributed by atoms with van der Waals surface area (Å²) < 4.78 is 41.3. The molecule has 0 unspecified atom stereocenters. The van der Waals surface area contributed by atoms with Crippen LogP contribution in [-0.4, -0.2) is 57.8 Å². The van der Waals surface area contributed by atoms with Crippen molar-refractivity contribution in [1.82, 2.24) is 20.4 Å². The number of carbonyl (C=O) groups excluding carboxylic acids is 3. The average molecular weight is 515 g/mol. The Morgan fingerprint density at radius 1 is 1.19 bits per heavy atom. The number of hydrogen-bond donors (Lipinski definition) is 2. The van der Waals surface area contributed by atoms with E-state index in [-0.39, 0.29) is 18.1 Å². The Kier molecular flexibility index (Phi) is 7.33. The minimum atomic E-state index is -4.81. The van der Waals surface area contributed by atoms with Crippen molar-refractivity contribution in [2.24, 2.45) is 5.73 Å². The number of likely N-dealkylation sites (tertiary alicyclic amines) is 1. The SMILES string of the molecule is NC(=O)C[C@@H](C#Cc1ccnnc1)NC(=O)[C@@H]1CCCN1C(=O)C1(c2ccc(OC(F)(F)F)cc2)CC1. The quantitative estimate of drug-likeness (QED) is 0.542. The van der Waals surface area contributed by atoms with E-state index in [4.69, 9.17) is 5.73 Å². The van der Waals surface area contributed by atoms with E-state index in [1.165, 1.54) is 41.6 Å². The summed E-state index contributed by atoms with van der Waals surface area (Å²) in [6, 6.07) is 5.24. The van der Waals surface area contributed by atoms with Gasteiger partial charge in [0.25, 0.3) is 0 Å². The number of amides is 3. The maximum atomic E-state index is 13.6. The third-order valence-electron chi connectivity index (χ3n) is 6.31. The first kappa shape index (κ1) is 25.9. The van der Waals surface area contributed by atoms with Crippen molar-refractivity contribution in [2.75, 3.05) is 6.54 Å². The maximum absolute atomic E-state index is 13.6. The Morgan fingerprint density at radius 2 is 1.92 bits per heavy atom. The Bertz CT molecular complexity index is 1220. The third kappa shape index (κ3) is 6.35. The lowest BCUT2D eigenvalue weighted by Gasteiger charge is -2.29. The molecule has 3 amide bonds. The van der Waals surface area contributed by atoms with Crippen LogP contribution in [0.25, 0.3) is 0 Å². The van der Waals surface area contributed by atoms with E-state index < -0.39 is 35.7 Å². The van der Waals surface area contributed by atoms with Gasteiger partial charge in [0.15, 0.2) is 0 Å². The number of benzene rings is 1. The molecular weight excluding hydrogens is 491 g/mol. The Labute approximate surface area is 210 Å². The van der Waals surface area contributed by atoms with E-state index >= 15 is 0 Å². The van der Waals surface area contributed by atoms with Gasteiger partial charge >= 0.3 is 6.36 Å². The highest BCUT2D eigenvalue weighted by atomic mass is 19.4. The van der Waals surface area contributed by atoms with E-state index in [1.807, 2.05) is 0 Å². The minimum Gasteiger partial charge on any atom is -0.406 e. The molecule has 12 heteroatoms. The summed E-state index contributed by atoms with van der Waals surface area (Å²) >= 11 is 0. The molecule has 2 fully saturated rings. The van der Waals surface area contributed by atoms with Crippen LogP contribution >= 0.6 is 0 Å². The lowest BCUT2D eigenvalue weighted by Crippen LogP contribution is -2.51. The fourth-order valence-corrected chi connectivity index (χ4v) is 4.43. The molecule has 1 saturated carbocycles. The van der Waals surface area contributed by atoms with Gasteiger partial charge in [0.1, 0.15) is 11.8 Å². The van der Waals surface area contributed by atoms with Gasteiger partial charge < -0.3 is 20.7 Å². The van der Waals surface area contributed by atoms with Gasteiger partial charge in [0, 0.05) is 12.1 Å². The largest absolute Gasteiger partial charge is 0.573 e. The molecule has 194 valence electrons. The first-order valence-corrected chi connectivity index (χ1v) is 11.6. The molecule has 2 aromatic rings. The molecule has 4 rings (SSSR count). The Hall–Kier alpha value is -4.14. The average Bonchev–Trinajstić information content (AvgIpc) is 3.50. The molecule has 1 aliphatic heterocycles.